The second-order valence-electron chi connectivity index (χ2n) is 4.56. The number of aryl methyl sites for hydroxylation is 1. The number of nitrogens with one attached hydrogen (secondary N) is 1. The second kappa shape index (κ2) is 8.80. The van der Waals surface area contributed by atoms with Crippen molar-refractivity contribution in [3.05, 3.63) is 33.9 Å². The predicted molar refractivity (Wildman–Crippen MR) is 83.2 cm³/mol. The fraction of sp³-hybridized carbons (Fsp3) is 0.571. The minimum Gasteiger partial charge on any atom is -0.379 e. The van der Waals surface area contributed by atoms with Gasteiger partial charge in [-0.1, -0.05) is 25.0 Å². The summed E-state index contributed by atoms with van der Waals surface area (Å²) in [6, 6.07) is 5.40. The van der Waals surface area contributed by atoms with E-state index in [0.29, 0.717) is 11.3 Å². The standard InChI is InChI=1S/C14H22N2O2S/c1-12-8-7-9-13(14(12)16(17)18)15-10-5-3-4-6-11-19-2/h7-9,15H,3-6,10-11H2,1-2H3. The molecule has 5 heteroatoms. The Balaban J connectivity index is 2.37. The largest absolute Gasteiger partial charge is 0.379 e. The van der Waals surface area contributed by atoms with Gasteiger partial charge in [0.2, 0.25) is 0 Å². The first-order chi connectivity index (χ1) is 9.16. The Morgan fingerprint density at radius 1 is 1.26 bits per heavy atom. The molecule has 0 radical (unpaired) electrons. The zero-order chi connectivity index (χ0) is 14.1. The molecule has 0 aliphatic heterocycles. The Morgan fingerprint density at radius 3 is 2.68 bits per heavy atom. The fourth-order valence-corrected chi connectivity index (χ4v) is 2.48. The van der Waals surface area contributed by atoms with E-state index >= 15 is 0 Å². The molecule has 0 heterocycles. The molecule has 106 valence electrons. The molecule has 0 fully saturated rings. The minimum atomic E-state index is -0.309. The molecular weight excluding hydrogens is 260 g/mol. The summed E-state index contributed by atoms with van der Waals surface area (Å²) in [6.45, 7) is 2.56. The van der Waals surface area contributed by atoms with E-state index in [4.69, 9.17) is 0 Å². The van der Waals surface area contributed by atoms with Crippen LogP contribution in [0, 0.1) is 17.0 Å². The Morgan fingerprint density at radius 2 is 2.00 bits per heavy atom. The lowest BCUT2D eigenvalue weighted by Crippen LogP contribution is -2.05. The van der Waals surface area contributed by atoms with Crippen LogP contribution in [0.25, 0.3) is 0 Å². The van der Waals surface area contributed by atoms with Crippen LogP contribution < -0.4 is 5.32 Å². The minimum absolute atomic E-state index is 0.199. The number of para-hydroxylation sites is 1. The number of anilines is 1. The van der Waals surface area contributed by atoms with Gasteiger partial charge in [0.05, 0.1) is 4.92 Å². The smallest absolute Gasteiger partial charge is 0.295 e. The monoisotopic (exact) mass is 282 g/mol. The Bertz CT molecular complexity index is 410. The first kappa shape index (κ1) is 15.8. The number of hydrogen-bond donors (Lipinski definition) is 1. The SMILES string of the molecule is CSCCCCCCNc1cccc(C)c1[N+](=O)[O-]. The Labute approximate surface area is 119 Å². The van der Waals surface area contributed by atoms with E-state index in [1.54, 1.807) is 19.1 Å². The highest BCUT2D eigenvalue weighted by Gasteiger charge is 2.15. The van der Waals surface area contributed by atoms with Gasteiger partial charge in [-0.05, 0) is 37.8 Å². The van der Waals surface area contributed by atoms with Crippen LogP contribution in [0.2, 0.25) is 0 Å². The van der Waals surface area contributed by atoms with E-state index < -0.39 is 0 Å². The van der Waals surface area contributed by atoms with Gasteiger partial charge < -0.3 is 5.32 Å². The Kier molecular flexibility index (Phi) is 7.33. The lowest BCUT2D eigenvalue weighted by atomic mass is 10.1. The quantitative estimate of drug-likeness (QED) is 0.418. The van der Waals surface area contributed by atoms with Crippen molar-refractivity contribution in [1.29, 1.82) is 0 Å². The highest BCUT2D eigenvalue weighted by atomic mass is 32.2. The molecule has 0 bridgehead atoms. The molecule has 19 heavy (non-hydrogen) atoms. The Hall–Kier alpha value is -1.23. The van der Waals surface area contributed by atoms with E-state index in [9.17, 15) is 10.1 Å². The predicted octanol–water partition coefficient (Wildman–Crippen LogP) is 4.24. The molecule has 4 nitrogen and oxygen atoms in total. The van der Waals surface area contributed by atoms with Crippen molar-refractivity contribution in [2.45, 2.75) is 32.6 Å². The number of thioether (sulfide) groups is 1. The van der Waals surface area contributed by atoms with Crippen LogP contribution in [-0.4, -0.2) is 23.5 Å². The number of nitrogens with zero attached hydrogens (tertiary/aromatic N) is 1. The van der Waals surface area contributed by atoms with Gasteiger partial charge >= 0.3 is 0 Å². The zero-order valence-corrected chi connectivity index (χ0v) is 12.5. The average Bonchev–Trinajstić information content (AvgIpc) is 2.37. The molecule has 0 unspecified atom stereocenters. The summed E-state index contributed by atoms with van der Waals surface area (Å²) >= 11 is 1.88. The molecule has 1 aromatic rings. The highest BCUT2D eigenvalue weighted by Crippen LogP contribution is 2.27. The molecule has 0 saturated heterocycles. The summed E-state index contributed by atoms with van der Waals surface area (Å²) in [6.07, 6.45) is 6.84. The topological polar surface area (TPSA) is 55.2 Å². The molecule has 0 spiro atoms. The summed E-state index contributed by atoms with van der Waals surface area (Å²) < 4.78 is 0. The number of unbranched alkanes of at least 4 members (excludes halogenated alkanes) is 3. The fourth-order valence-electron chi connectivity index (χ4n) is 1.99. The van der Waals surface area contributed by atoms with Crippen molar-refractivity contribution in [2.75, 3.05) is 23.9 Å². The first-order valence-corrected chi connectivity index (χ1v) is 8.03. The van der Waals surface area contributed by atoms with Gasteiger partial charge in [0.15, 0.2) is 0 Å². The van der Waals surface area contributed by atoms with E-state index in [-0.39, 0.29) is 10.6 Å². The summed E-state index contributed by atoms with van der Waals surface area (Å²) in [7, 11) is 0. The van der Waals surface area contributed by atoms with Crippen LogP contribution in [0.5, 0.6) is 0 Å². The van der Waals surface area contributed by atoms with Crippen molar-refractivity contribution in [3.8, 4) is 0 Å². The summed E-state index contributed by atoms with van der Waals surface area (Å²) in [5.41, 5.74) is 1.54. The number of nitro benzene ring substituents is 1. The maximum Gasteiger partial charge on any atom is 0.295 e. The van der Waals surface area contributed by atoms with Crippen LogP contribution in [0.1, 0.15) is 31.2 Å². The molecule has 0 saturated carbocycles. The second-order valence-corrected chi connectivity index (χ2v) is 5.55. The van der Waals surface area contributed by atoms with Gasteiger partial charge in [-0.3, -0.25) is 10.1 Å². The molecule has 0 amide bonds. The molecule has 0 aliphatic carbocycles. The lowest BCUT2D eigenvalue weighted by Gasteiger charge is -2.08. The van der Waals surface area contributed by atoms with Gasteiger partial charge in [0, 0.05) is 12.1 Å². The van der Waals surface area contributed by atoms with Crippen molar-refractivity contribution in [1.82, 2.24) is 0 Å². The zero-order valence-electron chi connectivity index (χ0n) is 11.6. The summed E-state index contributed by atoms with van der Waals surface area (Å²) in [4.78, 5) is 10.7. The summed E-state index contributed by atoms with van der Waals surface area (Å²) in [5.74, 6) is 1.22. The highest BCUT2D eigenvalue weighted by molar-refractivity contribution is 7.98. The van der Waals surface area contributed by atoms with Crippen LogP contribution in [0.15, 0.2) is 18.2 Å². The molecule has 0 aromatic heterocycles. The molecule has 0 aliphatic rings. The van der Waals surface area contributed by atoms with Crippen LogP contribution in [-0.2, 0) is 0 Å². The third-order valence-corrected chi connectivity index (χ3v) is 3.71. The van der Waals surface area contributed by atoms with Crippen molar-refractivity contribution in [3.63, 3.8) is 0 Å². The van der Waals surface area contributed by atoms with E-state index in [1.807, 2.05) is 17.8 Å². The van der Waals surface area contributed by atoms with Crippen molar-refractivity contribution < 1.29 is 4.92 Å². The van der Waals surface area contributed by atoms with Gasteiger partial charge in [-0.25, -0.2) is 0 Å². The van der Waals surface area contributed by atoms with Crippen LogP contribution >= 0.6 is 11.8 Å². The third-order valence-electron chi connectivity index (χ3n) is 3.01. The number of benzene rings is 1. The molecule has 1 aromatic carbocycles. The maximum absolute atomic E-state index is 11.0. The maximum atomic E-state index is 11.0. The molecular formula is C14H22N2O2S. The molecule has 1 N–H and O–H groups in total. The van der Waals surface area contributed by atoms with Gasteiger partial charge in [0.25, 0.3) is 5.69 Å². The van der Waals surface area contributed by atoms with Crippen molar-refractivity contribution >= 4 is 23.1 Å². The van der Waals surface area contributed by atoms with Crippen molar-refractivity contribution in [2.24, 2.45) is 0 Å². The van der Waals surface area contributed by atoms with Crippen LogP contribution in [0.4, 0.5) is 11.4 Å². The number of hydrogen-bond acceptors (Lipinski definition) is 4. The first-order valence-electron chi connectivity index (χ1n) is 6.63. The van der Waals surface area contributed by atoms with Gasteiger partial charge in [-0.2, -0.15) is 11.8 Å². The molecule has 1 rings (SSSR count). The molecule has 0 atom stereocenters. The number of nitro groups is 1. The van der Waals surface area contributed by atoms with Gasteiger partial charge in [-0.15, -0.1) is 0 Å². The normalized spacial score (nSPS) is 10.4. The third kappa shape index (κ3) is 5.51. The number of rotatable bonds is 9. The summed E-state index contributed by atoms with van der Waals surface area (Å²) in [5, 5.41) is 14.2. The van der Waals surface area contributed by atoms with E-state index in [2.05, 4.69) is 11.6 Å². The van der Waals surface area contributed by atoms with E-state index in [0.717, 1.165) is 13.0 Å². The average molecular weight is 282 g/mol. The van der Waals surface area contributed by atoms with Gasteiger partial charge in [0.1, 0.15) is 5.69 Å². The van der Waals surface area contributed by atoms with Crippen LogP contribution in [0.3, 0.4) is 0 Å². The lowest BCUT2D eigenvalue weighted by molar-refractivity contribution is -0.384. The van der Waals surface area contributed by atoms with E-state index in [1.165, 1.54) is 25.0 Å².